The third kappa shape index (κ3) is 6.56. The second-order valence-electron chi connectivity index (χ2n) is 8.73. The van der Waals surface area contributed by atoms with E-state index < -0.39 is 11.6 Å². The lowest BCUT2D eigenvalue weighted by molar-refractivity contribution is 0.0507. The fourth-order valence-electron chi connectivity index (χ4n) is 3.61. The van der Waals surface area contributed by atoms with Gasteiger partial charge in [-0.3, -0.25) is 0 Å². The topological polar surface area (TPSA) is 107 Å². The third-order valence-corrected chi connectivity index (χ3v) is 5.40. The highest BCUT2D eigenvalue weighted by molar-refractivity contribution is 9.10. The van der Waals surface area contributed by atoms with Gasteiger partial charge in [0.05, 0.1) is 6.61 Å². The van der Waals surface area contributed by atoms with Gasteiger partial charge in [0.1, 0.15) is 10.2 Å². The highest BCUT2D eigenvalue weighted by Gasteiger charge is 2.24. The number of hydrogen-bond acceptors (Lipinski definition) is 7. The van der Waals surface area contributed by atoms with Crippen LogP contribution in [0.1, 0.15) is 63.9 Å². The van der Waals surface area contributed by atoms with Gasteiger partial charge in [0.25, 0.3) is 0 Å². The molecular weight excluding hydrogens is 466 g/mol. The van der Waals surface area contributed by atoms with Crippen LogP contribution in [0.25, 0.3) is 5.65 Å². The van der Waals surface area contributed by atoms with E-state index in [1.54, 1.807) is 23.7 Å². The maximum atomic E-state index is 12.0. The molecular formula is C21H30BrN5O4. The zero-order valence-corrected chi connectivity index (χ0v) is 20.0. The first-order valence-electron chi connectivity index (χ1n) is 10.6. The Morgan fingerprint density at radius 1 is 1.19 bits per heavy atom. The number of imidazole rings is 1. The lowest BCUT2D eigenvalue weighted by Crippen LogP contribution is -2.37. The maximum Gasteiger partial charge on any atom is 0.407 e. The van der Waals surface area contributed by atoms with Gasteiger partial charge in [-0.1, -0.05) is 0 Å². The summed E-state index contributed by atoms with van der Waals surface area (Å²) in [6.07, 6.45) is 6.91. The Morgan fingerprint density at radius 2 is 1.90 bits per heavy atom. The number of aromatic nitrogens is 3. The summed E-state index contributed by atoms with van der Waals surface area (Å²) in [5.74, 6) is 0.592. The molecule has 1 amide bonds. The van der Waals surface area contributed by atoms with Crippen LogP contribution in [0.4, 0.5) is 10.6 Å². The van der Waals surface area contributed by atoms with Crippen LogP contribution >= 0.6 is 15.9 Å². The summed E-state index contributed by atoms with van der Waals surface area (Å²) in [6, 6.07) is 0.242. The molecule has 1 aliphatic carbocycles. The number of carbonyl (C=O) groups excluding carboxylic acids is 2. The third-order valence-electron chi connectivity index (χ3n) is 5.01. The second kappa shape index (κ2) is 9.84. The molecule has 3 rings (SSSR count). The number of carbonyl (C=O) groups is 2. The Bertz CT molecular complexity index is 932. The summed E-state index contributed by atoms with van der Waals surface area (Å²) in [6.45, 7) is 8.23. The summed E-state index contributed by atoms with van der Waals surface area (Å²) in [7, 11) is 0. The Labute approximate surface area is 190 Å². The van der Waals surface area contributed by atoms with Gasteiger partial charge in [-0.2, -0.15) is 0 Å². The van der Waals surface area contributed by atoms with Crippen molar-refractivity contribution in [3.63, 3.8) is 0 Å². The number of hydrogen-bond donors (Lipinski definition) is 2. The van der Waals surface area contributed by atoms with Crippen LogP contribution < -0.4 is 10.6 Å². The number of alkyl carbamates (subject to hydrolysis) is 1. The smallest absolute Gasteiger partial charge is 0.407 e. The summed E-state index contributed by atoms with van der Waals surface area (Å²) >= 11 is 3.42. The first-order chi connectivity index (χ1) is 14.6. The number of halogens is 1. The van der Waals surface area contributed by atoms with Crippen molar-refractivity contribution >= 4 is 39.5 Å². The van der Waals surface area contributed by atoms with Crippen molar-refractivity contribution in [2.24, 2.45) is 5.92 Å². The van der Waals surface area contributed by atoms with Crippen LogP contribution in [0.15, 0.2) is 17.0 Å². The molecule has 2 N–H and O–H groups in total. The van der Waals surface area contributed by atoms with E-state index in [-0.39, 0.29) is 17.8 Å². The summed E-state index contributed by atoms with van der Waals surface area (Å²) < 4.78 is 12.8. The molecule has 0 unspecified atom stereocenters. The van der Waals surface area contributed by atoms with E-state index in [2.05, 4.69) is 36.5 Å². The van der Waals surface area contributed by atoms with Gasteiger partial charge in [0, 0.05) is 25.0 Å². The van der Waals surface area contributed by atoms with Gasteiger partial charge in [-0.25, -0.2) is 19.6 Å². The Balaban J connectivity index is 1.57. The lowest BCUT2D eigenvalue weighted by atomic mass is 9.86. The molecule has 1 fully saturated rings. The highest BCUT2D eigenvalue weighted by Crippen LogP contribution is 2.28. The van der Waals surface area contributed by atoms with Crippen molar-refractivity contribution in [3.8, 4) is 0 Å². The number of nitrogens with zero attached hydrogens (tertiary/aromatic N) is 3. The van der Waals surface area contributed by atoms with Crippen molar-refractivity contribution in [2.75, 3.05) is 18.5 Å². The number of amides is 1. The molecule has 1 saturated carbocycles. The zero-order valence-electron chi connectivity index (χ0n) is 18.4. The van der Waals surface area contributed by atoms with Gasteiger partial charge in [-0.15, -0.1) is 0 Å². The van der Waals surface area contributed by atoms with Crippen molar-refractivity contribution < 1.29 is 19.1 Å². The number of nitrogens with one attached hydrogen (secondary N) is 2. The molecule has 0 aromatic carbocycles. The predicted molar refractivity (Wildman–Crippen MR) is 120 cm³/mol. The average Bonchev–Trinajstić information content (AvgIpc) is 3.10. The van der Waals surface area contributed by atoms with E-state index in [4.69, 9.17) is 9.47 Å². The molecule has 0 aliphatic heterocycles. The van der Waals surface area contributed by atoms with Crippen LogP contribution in [0.3, 0.4) is 0 Å². The molecule has 2 aromatic rings. The molecule has 2 aromatic heterocycles. The van der Waals surface area contributed by atoms with Gasteiger partial charge in [0.15, 0.2) is 17.2 Å². The Kier molecular flexibility index (Phi) is 7.40. The van der Waals surface area contributed by atoms with Crippen LogP contribution in [-0.4, -0.2) is 51.2 Å². The van der Waals surface area contributed by atoms with E-state index in [1.165, 1.54) is 0 Å². The van der Waals surface area contributed by atoms with E-state index in [9.17, 15) is 9.59 Å². The average molecular weight is 496 g/mol. The number of rotatable bonds is 6. The van der Waals surface area contributed by atoms with Gasteiger partial charge < -0.3 is 24.5 Å². The van der Waals surface area contributed by atoms with Crippen LogP contribution in [-0.2, 0) is 9.47 Å². The molecule has 170 valence electrons. The molecule has 2 heterocycles. The first kappa shape index (κ1) is 23.3. The SMILES string of the molecule is CCOC(=O)c1cn2cc(Br)nc(N[C@H]3CC[C@H](CNC(=O)OC(C)(C)C)CC3)c2n1. The van der Waals surface area contributed by atoms with Crippen molar-refractivity contribution in [2.45, 2.75) is 65.0 Å². The minimum absolute atomic E-state index is 0.242. The molecule has 9 nitrogen and oxygen atoms in total. The zero-order chi connectivity index (χ0) is 22.6. The lowest BCUT2D eigenvalue weighted by Gasteiger charge is -2.30. The van der Waals surface area contributed by atoms with Crippen molar-refractivity contribution in [1.82, 2.24) is 19.7 Å². The standard InChI is InChI=1S/C21H30BrN5O4/c1-5-30-19(28)15-11-27-12-16(22)26-17(18(27)25-15)24-14-8-6-13(7-9-14)10-23-20(29)31-21(2,3)4/h11-14H,5-10H2,1-4H3,(H,23,29)(H,24,26)/t13-,14-. The highest BCUT2D eigenvalue weighted by atomic mass is 79.9. The molecule has 0 saturated heterocycles. The number of fused-ring (bicyclic) bond motifs is 1. The van der Waals surface area contributed by atoms with E-state index in [0.29, 0.717) is 35.1 Å². The molecule has 10 heteroatoms. The molecule has 1 aliphatic rings. The summed E-state index contributed by atoms with van der Waals surface area (Å²) in [5.41, 5.74) is 0.343. The summed E-state index contributed by atoms with van der Waals surface area (Å²) in [5, 5.41) is 6.35. The predicted octanol–water partition coefficient (Wildman–Crippen LogP) is 4.16. The minimum Gasteiger partial charge on any atom is -0.461 e. The van der Waals surface area contributed by atoms with Crippen LogP contribution in [0.5, 0.6) is 0 Å². The van der Waals surface area contributed by atoms with Gasteiger partial charge in [-0.05, 0) is 75.2 Å². The molecule has 0 spiro atoms. The number of anilines is 1. The van der Waals surface area contributed by atoms with Crippen molar-refractivity contribution in [3.05, 3.63) is 22.7 Å². The quantitative estimate of drug-likeness (QED) is 0.579. The van der Waals surface area contributed by atoms with E-state index in [1.807, 2.05) is 20.8 Å². The van der Waals surface area contributed by atoms with E-state index >= 15 is 0 Å². The van der Waals surface area contributed by atoms with Gasteiger partial charge >= 0.3 is 12.1 Å². The fraction of sp³-hybridized carbons (Fsp3) is 0.619. The normalized spacial score (nSPS) is 19.1. The molecule has 31 heavy (non-hydrogen) atoms. The molecule has 0 bridgehead atoms. The monoisotopic (exact) mass is 495 g/mol. The Hall–Kier alpha value is -2.36. The second-order valence-corrected chi connectivity index (χ2v) is 9.55. The Morgan fingerprint density at radius 3 is 2.55 bits per heavy atom. The molecule has 0 radical (unpaired) electrons. The maximum absolute atomic E-state index is 12.0. The van der Waals surface area contributed by atoms with E-state index in [0.717, 1.165) is 25.7 Å². The minimum atomic E-state index is -0.492. The fourth-order valence-corrected chi connectivity index (χ4v) is 4.01. The first-order valence-corrected chi connectivity index (χ1v) is 11.4. The van der Waals surface area contributed by atoms with Gasteiger partial charge in [0.2, 0.25) is 0 Å². The number of ether oxygens (including phenoxy) is 2. The largest absolute Gasteiger partial charge is 0.461 e. The number of esters is 1. The van der Waals surface area contributed by atoms with Crippen LogP contribution in [0.2, 0.25) is 0 Å². The molecule has 0 atom stereocenters. The summed E-state index contributed by atoms with van der Waals surface area (Å²) in [4.78, 5) is 32.8. The van der Waals surface area contributed by atoms with Crippen molar-refractivity contribution in [1.29, 1.82) is 0 Å². The van der Waals surface area contributed by atoms with Crippen LogP contribution in [0, 0.1) is 5.92 Å².